The minimum atomic E-state index is 0.110. The lowest BCUT2D eigenvalue weighted by molar-refractivity contribution is 0.524. The molecule has 0 bridgehead atoms. The molecule has 158 valence electrons. The Balaban J connectivity index is 1.64. The SMILES string of the molecule is CC(C)(C)c1ccc([C@@H]2NC[C@H](c3ccc(Cl)cc3Cl)c3c2[nH]c2ccccc32)cc1. The summed E-state index contributed by atoms with van der Waals surface area (Å²) in [5.74, 6) is 0.154. The fraction of sp³-hybridized carbons (Fsp3) is 0.259. The maximum atomic E-state index is 6.64. The zero-order valence-electron chi connectivity index (χ0n) is 18.0. The summed E-state index contributed by atoms with van der Waals surface area (Å²) in [5.41, 5.74) is 7.54. The molecule has 2 heterocycles. The molecule has 4 heteroatoms. The summed E-state index contributed by atoms with van der Waals surface area (Å²) < 4.78 is 0. The molecule has 1 aliphatic heterocycles. The summed E-state index contributed by atoms with van der Waals surface area (Å²) in [4.78, 5) is 3.71. The van der Waals surface area contributed by atoms with Crippen molar-refractivity contribution in [2.45, 2.75) is 38.1 Å². The first-order valence-corrected chi connectivity index (χ1v) is 11.5. The van der Waals surface area contributed by atoms with Crippen molar-refractivity contribution in [3.8, 4) is 0 Å². The minimum Gasteiger partial charge on any atom is -0.357 e. The van der Waals surface area contributed by atoms with Crippen LogP contribution in [0.15, 0.2) is 66.7 Å². The molecule has 2 N–H and O–H groups in total. The van der Waals surface area contributed by atoms with E-state index in [1.165, 1.54) is 27.8 Å². The van der Waals surface area contributed by atoms with Crippen molar-refractivity contribution in [3.05, 3.63) is 105 Å². The highest BCUT2D eigenvalue weighted by Gasteiger charge is 2.33. The van der Waals surface area contributed by atoms with E-state index in [-0.39, 0.29) is 17.4 Å². The quantitative estimate of drug-likeness (QED) is 0.324. The van der Waals surface area contributed by atoms with Crippen LogP contribution in [0.2, 0.25) is 10.0 Å². The van der Waals surface area contributed by atoms with Crippen LogP contribution in [0.4, 0.5) is 0 Å². The molecule has 5 rings (SSSR count). The molecule has 4 aromatic rings. The summed E-state index contributed by atoms with van der Waals surface area (Å²) in [5, 5.41) is 6.41. The summed E-state index contributed by atoms with van der Waals surface area (Å²) in [6, 6.07) is 23.5. The van der Waals surface area contributed by atoms with E-state index < -0.39 is 0 Å². The van der Waals surface area contributed by atoms with Gasteiger partial charge in [-0.05, 0) is 45.9 Å². The average molecular weight is 449 g/mol. The van der Waals surface area contributed by atoms with Crippen molar-refractivity contribution in [2.24, 2.45) is 0 Å². The van der Waals surface area contributed by atoms with Gasteiger partial charge in [0.25, 0.3) is 0 Å². The Morgan fingerprint density at radius 3 is 2.35 bits per heavy atom. The molecule has 0 fully saturated rings. The van der Waals surface area contributed by atoms with Crippen LogP contribution in [0.25, 0.3) is 10.9 Å². The van der Waals surface area contributed by atoms with Crippen molar-refractivity contribution in [1.29, 1.82) is 0 Å². The van der Waals surface area contributed by atoms with Crippen LogP contribution < -0.4 is 5.32 Å². The van der Waals surface area contributed by atoms with E-state index in [1.807, 2.05) is 12.1 Å². The Labute approximate surface area is 193 Å². The van der Waals surface area contributed by atoms with Crippen molar-refractivity contribution in [1.82, 2.24) is 10.3 Å². The van der Waals surface area contributed by atoms with Gasteiger partial charge in [-0.1, -0.05) is 92.5 Å². The molecule has 0 saturated heterocycles. The molecule has 0 spiro atoms. The third-order valence-electron chi connectivity index (χ3n) is 6.39. The van der Waals surface area contributed by atoms with E-state index in [1.54, 1.807) is 0 Å². The van der Waals surface area contributed by atoms with Gasteiger partial charge < -0.3 is 10.3 Å². The summed E-state index contributed by atoms with van der Waals surface area (Å²) in [6.45, 7) is 7.55. The number of aromatic amines is 1. The third kappa shape index (κ3) is 3.67. The molecule has 31 heavy (non-hydrogen) atoms. The highest BCUT2D eigenvalue weighted by molar-refractivity contribution is 6.35. The number of aromatic nitrogens is 1. The van der Waals surface area contributed by atoms with Crippen LogP contribution in [0.1, 0.15) is 60.7 Å². The van der Waals surface area contributed by atoms with E-state index in [4.69, 9.17) is 23.2 Å². The monoisotopic (exact) mass is 448 g/mol. The number of benzene rings is 3. The molecule has 2 nitrogen and oxygen atoms in total. The van der Waals surface area contributed by atoms with Crippen molar-refractivity contribution in [3.63, 3.8) is 0 Å². The largest absolute Gasteiger partial charge is 0.357 e. The zero-order chi connectivity index (χ0) is 21.8. The van der Waals surface area contributed by atoms with Crippen molar-refractivity contribution >= 4 is 34.1 Å². The van der Waals surface area contributed by atoms with E-state index >= 15 is 0 Å². The first-order chi connectivity index (χ1) is 14.8. The lowest BCUT2D eigenvalue weighted by atomic mass is 9.82. The van der Waals surface area contributed by atoms with Gasteiger partial charge >= 0.3 is 0 Å². The van der Waals surface area contributed by atoms with Gasteiger partial charge in [0, 0.05) is 39.1 Å². The molecular weight excluding hydrogens is 423 g/mol. The van der Waals surface area contributed by atoms with Crippen LogP contribution >= 0.6 is 23.2 Å². The third-order valence-corrected chi connectivity index (χ3v) is 6.95. The van der Waals surface area contributed by atoms with Gasteiger partial charge in [-0.3, -0.25) is 0 Å². The molecule has 0 amide bonds. The van der Waals surface area contributed by atoms with Crippen LogP contribution in [0.5, 0.6) is 0 Å². The number of hydrogen-bond donors (Lipinski definition) is 2. The van der Waals surface area contributed by atoms with Gasteiger partial charge in [-0.25, -0.2) is 0 Å². The Morgan fingerprint density at radius 2 is 1.65 bits per heavy atom. The molecule has 0 aliphatic carbocycles. The molecule has 0 unspecified atom stereocenters. The van der Waals surface area contributed by atoms with E-state index in [0.717, 1.165) is 17.6 Å². The standard InChI is InChI=1S/C27H26Cl2N2/c1-27(2,3)17-10-8-16(9-11-17)25-26-24(20-6-4-5-7-23(20)31-26)21(15-30-25)19-13-12-18(28)14-22(19)29/h4-14,21,25,30-31H,15H2,1-3H3/t21-,25+/m1/s1. The summed E-state index contributed by atoms with van der Waals surface area (Å²) in [7, 11) is 0. The highest BCUT2D eigenvalue weighted by Crippen LogP contribution is 2.43. The number of H-pyrrole nitrogens is 1. The topological polar surface area (TPSA) is 27.8 Å². The number of halogens is 2. The Bertz CT molecular complexity index is 1250. The predicted molar refractivity (Wildman–Crippen MR) is 132 cm³/mol. The van der Waals surface area contributed by atoms with Crippen molar-refractivity contribution < 1.29 is 0 Å². The molecular formula is C27H26Cl2N2. The molecule has 0 saturated carbocycles. The van der Waals surface area contributed by atoms with Crippen molar-refractivity contribution in [2.75, 3.05) is 6.54 Å². The first kappa shape index (κ1) is 20.6. The highest BCUT2D eigenvalue weighted by atomic mass is 35.5. The second kappa shape index (κ2) is 7.70. The van der Waals surface area contributed by atoms with E-state index in [2.05, 4.69) is 85.7 Å². The molecule has 0 radical (unpaired) electrons. The van der Waals surface area contributed by atoms with Gasteiger partial charge in [0.15, 0.2) is 0 Å². The summed E-state index contributed by atoms with van der Waals surface area (Å²) in [6.07, 6.45) is 0. The number of fused-ring (bicyclic) bond motifs is 3. The zero-order valence-corrected chi connectivity index (χ0v) is 19.5. The number of para-hydroxylation sites is 1. The average Bonchev–Trinajstić information content (AvgIpc) is 3.13. The normalized spacial score (nSPS) is 18.9. The predicted octanol–water partition coefficient (Wildman–Crippen LogP) is 7.60. The van der Waals surface area contributed by atoms with Gasteiger partial charge in [0.05, 0.1) is 6.04 Å². The maximum absolute atomic E-state index is 6.64. The fourth-order valence-corrected chi connectivity index (χ4v) is 5.28. The fourth-order valence-electron chi connectivity index (χ4n) is 4.74. The van der Waals surface area contributed by atoms with Crippen LogP contribution in [0.3, 0.4) is 0 Å². The van der Waals surface area contributed by atoms with Gasteiger partial charge in [0.1, 0.15) is 0 Å². The number of rotatable bonds is 2. The van der Waals surface area contributed by atoms with Crippen LogP contribution in [0, 0.1) is 0 Å². The molecule has 2 atom stereocenters. The van der Waals surface area contributed by atoms with Gasteiger partial charge in [-0.15, -0.1) is 0 Å². The van der Waals surface area contributed by atoms with E-state index in [9.17, 15) is 0 Å². The van der Waals surface area contributed by atoms with E-state index in [0.29, 0.717) is 10.0 Å². The first-order valence-electron chi connectivity index (χ1n) is 10.7. The number of nitrogens with one attached hydrogen (secondary N) is 2. The lowest BCUT2D eigenvalue weighted by Crippen LogP contribution is -2.34. The lowest BCUT2D eigenvalue weighted by Gasteiger charge is -2.32. The second-order valence-electron chi connectivity index (χ2n) is 9.43. The molecule has 1 aliphatic rings. The second-order valence-corrected chi connectivity index (χ2v) is 10.3. The Kier molecular flexibility index (Phi) is 5.13. The Hall–Kier alpha value is -2.26. The van der Waals surface area contributed by atoms with Crippen LogP contribution in [-0.4, -0.2) is 11.5 Å². The number of hydrogen-bond acceptors (Lipinski definition) is 1. The van der Waals surface area contributed by atoms with Gasteiger partial charge in [-0.2, -0.15) is 0 Å². The van der Waals surface area contributed by atoms with Crippen LogP contribution in [-0.2, 0) is 5.41 Å². The molecule has 1 aromatic heterocycles. The smallest absolute Gasteiger partial charge is 0.0732 e. The van der Waals surface area contributed by atoms with Gasteiger partial charge in [0.2, 0.25) is 0 Å². The Morgan fingerprint density at radius 1 is 0.903 bits per heavy atom. The maximum Gasteiger partial charge on any atom is 0.0732 e. The molecule has 3 aromatic carbocycles. The summed E-state index contributed by atoms with van der Waals surface area (Å²) >= 11 is 12.8. The minimum absolute atomic E-state index is 0.110.